The van der Waals surface area contributed by atoms with Gasteiger partial charge in [0, 0.05) is 29.6 Å². The van der Waals surface area contributed by atoms with Crippen LogP contribution in [0, 0.1) is 11.3 Å². The Morgan fingerprint density at radius 3 is 3.10 bits per heavy atom. The fourth-order valence-corrected chi connectivity index (χ4v) is 3.35. The van der Waals surface area contributed by atoms with Crippen molar-refractivity contribution in [2.24, 2.45) is 0 Å². The van der Waals surface area contributed by atoms with Crippen molar-refractivity contribution in [3.63, 3.8) is 0 Å². The summed E-state index contributed by atoms with van der Waals surface area (Å²) in [4.78, 5) is 16.4. The van der Waals surface area contributed by atoms with E-state index in [1.54, 1.807) is 12.1 Å². The minimum Gasteiger partial charge on any atom is -0.444 e. The molecule has 2 aromatic heterocycles. The van der Waals surface area contributed by atoms with Crippen LogP contribution in [0.3, 0.4) is 0 Å². The first kappa shape index (κ1) is 12.4. The van der Waals surface area contributed by atoms with Crippen molar-refractivity contribution in [2.75, 3.05) is 0 Å². The number of carbonyl (C=O) groups is 1. The number of nitrogens with zero attached hydrogens (tertiary/aromatic N) is 2. The lowest BCUT2D eigenvalue weighted by Crippen LogP contribution is -2.43. The van der Waals surface area contributed by atoms with Crippen molar-refractivity contribution in [2.45, 2.75) is 37.4 Å². The van der Waals surface area contributed by atoms with Gasteiger partial charge in [0.05, 0.1) is 6.20 Å². The molecule has 0 aliphatic carbocycles. The van der Waals surface area contributed by atoms with E-state index in [2.05, 4.69) is 15.6 Å². The summed E-state index contributed by atoms with van der Waals surface area (Å²) >= 11 is 0. The lowest BCUT2D eigenvalue weighted by atomic mass is 9.95. The van der Waals surface area contributed by atoms with E-state index in [1.165, 1.54) is 12.6 Å². The van der Waals surface area contributed by atoms with Crippen LogP contribution in [0.1, 0.15) is 35.5 Å². The first-order valence-electron chi connectivity index (χ1n) is 7.09. The maximum Gasteiger partial charge on any atom is 0.270 e. The number of aromatic nitrogens is 1. The number of fused-ring (bicyclic) bond motifs is 3. The van der Waals surface area contributed by atoms with Gasteiger partial charge in [0.25, 0.3) is 5.91 Å². The first-order chi connectivity index (χ1) is 10.2. The minimum atomic E-state index is -0.170. The van der Waals surface area contributed by atoms with Crippen LogP contribution in [0.5, 0.6) is 0 Å². The Kier molecular flexibility index (Phi) is 2.69. The molecule has 2 aliphatic heterocycles. The highest BCUT2D eigenvalue weighted by Crippen LogP contribution is 2.28. The molecule has 2 N–H and O–H groups in total. The Morgan fingerprint density at radius 1 is 1.48 bits per heavy atom. The zero-order valence-corrected chi connectivity index (χ0v) is 11.3. The van der Waals surface area contributed by atoms with Gasteiger partial charge < -0.3 is 15.1 Å². The van der Waals surface area contributed by atoms with E-state index in [0.717, 1.165) is 18.2 Å². The summed E-state index contributed by atoms with van der Waals surface area (Å²) in [7, 11) is 0. The van der Waals surface area contributed by atoms with Gasteiger partial charge in [0.1, 0.15) is 11.8 Å². The molecule has 21 heavy (non-hydrogen) atoms. The third-order valence-electron chi connectivity index (χ3n) is 4.36. The number of hydrogen-bond acceptors (Lipinski definition) is 5. The smallest absolute Gasteiger partial charge is 0.270 e. The molecule has 0 spiro atoms. The molecule has 3 atom stereocenters. The Morgan fingerprint density at radius 2 is 2.38 bits per heavy atom. The molecule has 106 valence electrons. The van der Waals surface area contributed by atoms with Gasteiger partial charge in [-0.05, 0) is 25.3 Å². The fourth-order valence-electron chi connectivity index (χ4n) is 3.35. The molecule has 4 rings (SSSR count). The zero-order valence-electron chi connectivity index (χ0n) is 11.3. The maximum atomic E-state index is 12.3. The third-order valence-corrected chi connectivity index (χ3v) is 4.36. The zero-order chi connectivity index (χ0) is 14.4. The predicted molar refractivity (Wildman–Crippen MR) is 74.5 cm³/mol. The van der Waals surface area contributed by atoms with Crippen LogP contribution in [-0.4, -0.2) is 29.0 Å². The highest BCUT2D eigenvalue weighted by Gasteiger charge is 2.39. The number of nitriles is 1. The average molecular weight is 282 g/mol. The van der Waals surface area contributed by atoms with Crippen LogP contribution in [0.25, 0.3) is 11.0 Å². The molecule has 0 unspecified atom stereocenters. The Labute approximate surface area is 121 Å². The van der Waals surface area contributed by atoms with Gasteiger partial charge in [-0.25, -0.2) is 4.98 Å². The number of furan rings is 1. The van der Waals surface area contributed by atoms with E-state index in [4.69, 9.17) is 9.68 Å². The van der Waals surface area contributed by atoms with Crippen molar-refractivity contribution in [3.8, 4) is 6.07 Å². The largest absolute Gasteiger partial charge is 0.444 e. The van der Waals surface area contributed by atoms with E-state index in [-0.39, 0.29) is 17.7 Å². The molecular formula is C15H14N4O2. The van der Waals surface area contributed by atoms with Crippen LogP contribution in [0.15, 0.2) is 22.7 Å². The molecule has 2 saturated heterocycles. The van der Waals surface area contributed by atoms with Crippen molar-refractivity contribution >= 4 is 16.9 Å². The molecule has 1 amide bonds. The standard InChI is InChI=1S/C15H14N4O2/c16-6-10-3-8-4-13(17-7-14(8)21-10)15(20)19-12-5-9-1-2-11(12)18-9/h3-4,7,9,11-12,18H,1-2,5H2,(H,19,20)/t9-,11+,12-/m1/s1. The van der Waals surface area contributed by atoms with Crippen LogP contribution in [0.4, 0.5) is 0 Å². The molecule has 6 nitrogen and oxygen atoms in total. The predicted octanol–water partition coefficient (Wildman–Crippen LogP) is 1.32. The first-order valence-corrected chi connectivity index (χ1v) is 7.09. The fraction of sp³-hybridized carbons (Fsp3) is 0.400. The summed E-state index contributed by atoms with van der Waals surface area (Å²) in [6.45, 7) is 0. The molecule has 0 radical (unpaired) electrons. The second kappa shape index (κ2) is 4.57. The number of hydrogen-bond donors (Lipinski definition) is 2. The highest BCUT2D eigenvalue weighted by molar-refractivity contribution is 5.95. The van der Waals surface area contributed by atoms with Gasteiger partial charge in [-0.3, -0.25) is 4.79 Å². The third kappa shape index (κ3) is 2.06. The summed E-state index contributed by atoms with van der Waals surface area (Å²) in [6, 6.07) is 6.34. The molecule has 2 aromatic rings. The van der Waals surface area contributed by atoms with Crippen molar-refractivity contribution in [1.29, 1.82) is 5.26 Å². The van der Waals surface area contributed by atoms with E-state index >= 15 is 0 Å². The average Bonchev–Trinajstić information content (AvgIpc) is 3.20. The molecule has 2 bridgehead atoms. The Balaban J connectivity index is 1.55. The van der Waals surface area contributed by atoms with Crippen LogP contribution < -0.4 is 10.6 Å². The molecule has 2 fully saturated rings. The SMILES string of the molecule is N#Cc1cc2cc(C(=O)N[C@@H]3C[C@H]4CC[C@@H]3N4)ncc2o1. The molecule has 4 heterocycles. The molecule has 2 aliphatic rings. The summed E-state index contributed by atoms with van der Waals surface area (Å²) in [5, 5.41) is 16.1. The number of carbonyl (C=O) groups excluding carboxylic acids is 1. The van der Waals surface area contributed by atoms with E-state index in [0.29, 0.717) is 23.4 Å². The van der Waals surface area contributed by atoms with Crippen LogP contribution in [0.2, 0.25) is 0 Å². The van der Waals surface area contributed by atoms with Gasteiger partial charge in [-0.2, -0.15) is 5.26 Å². The summed E-state index contributed by atoms with van der Waals surface area (Å²) in [5.74, 6) is 0.0534. The van der Waals surface area contributed by atoms with Crippen molar-refractivity contribution in [3.05, 3.63) is 29.8 Å². The molecule has 0 saturated carbocycles. The van der Waals surface area contributed by atoms with Gasteiger partial charge >= 0.3 is 0 Å². The lowest BCUT2D eigenvalue weighted by molar-refractivity contribution is 0.0926. The number of nitrogens with one attached hydrogen (secondary N) is 2. The quantitative estimate of drug-likeness (QED) is 0.867. The number of amides is 1. The molecule has 6 heteroatoms. The number of pyridine rings is 1. The van der Waals surface area contributed by atoms with Crippen molar-refractivity contribution in [1.82, 2.24) is 15.6 Å². The van der Waals surface area contributed by atoms with E-state index < -0.39 is 0 Å². The summed E-state index contributed by atoms with van der Waals surface area (Å²) in [5.41, 5.74) is 0.875. The van der Waals surface area contributed by atoms with Gasteiger partial charge in [0.2, 0.25) is 5.76 Å². The topological polar surface area (TPSA) is 91.0 Å². The monoisotopic (exact) mass is 282 g/mol. The minimum absolute atomic E-state index is 0.170. The van der Waals surface area contributed by atoms with Crippen molar-refractivity contribution < 1.29 is 9.21 Å². The highest BCUT2D eigenvalue weighted by atomic mass is 16.3. The molecule has 0 aromatic carbocycles. The number of rotatable bonds is 2. The van der Waals surface area contributed by atoms with Gasteiger partial charge in [-0.1, -0.05) is 0 Å². The van der Waals surface area contributed by atoms with Crippen LogP contribution in [-0.2, 0) is 0 Å². The maximum absolute atomic E-state index is 12.3. The summed E-state index contributed by atoms with van der Waals surface area (Å²) in [6.07, 6.45) is 4.80. The van der Waals surface area contributed by atoms with E-state index in [1.807, 2.05) is 6.07 Å². The molecular weight excluding hydrogens is 268 g/mol. The van der Waals surface area contributed by atoms with Gasteiger partial charge in [0.15, 0.2) is 5.58 Å². The lowest BCUT2D eigenvalue weighted by Gasteiger charge is -2.21. The summed E-state index contributed by atoms with van der Waals surface area (Å²) < 4.78 is 5.26. The van der Waals surface area contributed by atoms with Gasteiger partial charge in [-0.15, -0.1) is 0 Å². The normalized spacial score (nSPS) is 26.9. The van der Waals surface area contributed by atoms with Crippen LogP contribution >= 0.6 is 0 Å². The Bertz CT molecular complexity index is 761. The second-order valence-electron chi connectivity index (χ2n) is 5.69. The Hall–Kier alpha value is -2.39. The van der Waals surface area contributed by atoms with E-state index in [9.17, 15) is 4.79 Å². The second-order valence-corrected chi connectivity index (χ2v) is 5.69.